The van der Waals surface area contributed by atoms with Crippen molar-refractivity contribution in [3.63, 3.8) is 0 Å². The van der Waals surface area contributed by atoms with Crippen molar-refractivity contribution in [2.45, 2.75) is 58.8 Å². The number of esters is 1. The van der Waals surface area contributed by atoms with E-state index in [1.807, 2.05) is 34.6 Å². The molecule has 0 bridgehead atoms. The molecule has 0 rings (SSSR count). The lowest BCUT2D eigenvalue weighted by Gasteiger charge is -2.29. The maximum atomic E-state index is 11.4. The summed E-state index contributed by atoms with van der Waals surface area (Å²) in [6.45, 7) is 10.9. The van der Waals surface area contributed by atoms with Gasteiger partial charge in [0.2, 0.25) is 0 Å². The van der Waals surface area contributed by atoms with Crippen molar-refractivity contribution in [1.82, 2.24) is 5.32 Å². The van der Waals surface area contributed by atoms with E-state index in [1.165, 1.54) is 0 Å². The van der Waals surface area contributed by atoms with Gasteiger partial charge in [0, 0.05) is 5.54 Å². The van der Waals surface area contributed by atoms with Crippen molar-refractivity contribution in [1.29, 1.82) is 0 Å². The molecule has 0 fully saturated rings. The molecule has 90 valence electrons. The van der Waals surface area contributed by atoms with Gasteiger partial charge in [-0.15, -0.1) is 0 Å². The Kier molecular flexibility index (Phi) is 4.74. The summed E-state index contributed by atoms with van der Waals surface area (Å²) >= 11 is 0. The summed E-state index contributed by atoms with van der Waals surface area (Å²) in [4.78, 5) is 11.4. The van der Waals surface area contributed by atoms with Crippen molar-refractivity contribution in [2.24, 2.45) is 0 Å². The summed E-state index contributed by atoms with van der Waals surface area (Å²) in [5.74, 6) is -0.309. The number of aliphatic hydroxyl groups excluding tert-OH is 1. The number of carbonyl (C=O) groups excluding carboxylic acids is 1. The highest BCUT2D eigenvalue weighted by Gasteiger charge is 2.25. The van der Waals surface area contributed by atoms with Gasteiger partial charge in [0.15, 0.2) is 0 Å². The molecule has 1 unspecified atom stereocenters. The molecule has 0 amide bonds. The molecular formula is C11H23NO3. The lowest BCUT2D eigenvalue weighted by molar-refractivity contribution is -0.154. The predicted octanol–water partition coefficient (Wildman–Crippen LogP) is 1.08. The van der Waals surface area contributed by atoms with E-state index in [0.717, 1.165) is 0 Å². The topological polar surface area (TPSA) is 58.6 Å². The minimum Gasteiger partial charge on any atom is -0.459 e. The van der Waals surface area contributed by atoms with Gasteiger partial charge in [-0.1, -0.05) is 0 Å². The number of ether oxygens (including phenoxy) is 1. The maximum absolute atomic E-state index is 11.4. The second kappa shape index (κ2) is 4.94. The van der Waals surface area contributed by atoms with Gasteiger partial charge in [-0.05, 0) is 41.5 Å². The lowest BCUT2D eigenvalue weighted by Crippen LogP contribution is -2.50. The number of carbonyl (C=O) groups is 1. The van der Waals surface area contributed by atoms with Gasteiger partial charge in [0.1, 0.15) is 5.60 Å². The van der Waals surface area contributed by atoms with E-state index in [-0.39, 0.29) is 12.5 Å². The molecule has 0 aromatic heterocycles. The fourth-order valence-corrected chi connectivity index (χ4v) is 0.825. The van der Waals surface area contributed by atoms with Gasteiger partial charge in [-0.25, -0.2) is 0 Å². The minimum absolute atomic E-state index is 0.106. The minimum atomic E-state index is -0.528. The average molecular weight is 217 g/mol. The summed E-state index contributed by atoms with van der Waals surface area (Å²) in [6, 6.07) is 0. The number of hydrogen-bond acceptors (Lipinski definition) is 4. The molecule has 0 aromatic carbocycles. The van der Waals surface area contributed by atoms with Gasteiger partial charge < -0.3 is 9.84 Å². The molecule has 0 aromatic rings. The third kappa shape index (κ3) is 6.47. The molecule has 0 aliphatic rings. The van der Waals surface area contributed by atoms with Crippen molar-refractivity contribution in [3.8, 4) is 0 Å². The van der Waals surface area contributed by atoms with E-state index in [4.69, 9.17) is 4.74 Å². The van der Waals surface area contributed by atoms with E-state index in [9.17, 15) is 9.90 Å². The molecule has 2 N–H and O–H groups in total. The number of aliphatic hydroxyl groups is 1. The fourth-order valence-electron chi connectivity index (χ4n) is 0.825. The Labute approximate surface area is 92.0 Å². The first-order valence-corrected chi connectivity index (χ1v) is 5.19. The summed E-state index contributed by atoms with van der Waals surface area (Å²) < 4.78 is 5.13. The second-order valence-electron chi connectivity index (χ2n) is 5.34. The van der Waals surface area contributed by atoms with Crippen LogP contribution in [0.5, 0.6) is 0 Å². The smallest absolute Gasteiger partial charge is 0.320 e. The van der Waals surface area contributed by atoms with E-state index < -0.39 is 17.2 Å². The highest BCUT2D eigenvalue weighted by atomic mass is 16.6. The quantitative estimate of drug-likeness (QED) is 0.692. The van der Waals surface area contributed by atoms with E-state index in [1.54, 1.807) is 6.92 Å². The molecule has 4 nitrogen and oxygen atoms in total. The molecule has 0 heterocycles. The maximum Gasteiger partial charge on any atom is 0.320 e. The average Bonchev–Trinajstić information content (AvgIpc) is 1.97. The normalized spacial score (nSPS) is 14.9. The largest absolute Gasteiger partial charge is 0.459 e. The van der Waals surface area contributed by atoms with Crippen molar-refractivity contribution in [2.75, 3.05) is 6.54 Å². The molecular weight excluding hydrogens is 194 g/mol. The van der Waals surface area contributed by atoms with Crippen LogP contribution in [0.1, 0.15) is 41.5 Å². The SMILES string of the molecule is CC(O)C(C)(C)NCC(=O)OC(C)(C)C. The third-order valence-corrected chi connectivity index (χ3v) is 2.15. The van der Waals surface area contributed by atoms with Gasteiger partial charge in [-0.2, -0.15) is 0 Å². The summed E-state index contributed by atoms with van der Waals surface area (Å²) in [7, 11) is 0. The molecule has 15 heavy (non-hydrogen) atoms. The lowest BCUT2D eigenvalue weighted by atomic mass is 9.99. The van der Waals surface area contributed by atoms with Crippen LogP contribution < -0.4 is 5.32 Å². The number of hydrogen-bond donors (Lipinski definition) is 2. The van der Waals surface area contributed by atoms with Crippen molar-refractivity contribution < 1.29 is 14.6 Å². The van der Waals surface area contributed by atoms with E-state index >= 15 is 0 Å². The zero-order chi connectivity index (χ0) is 12.3. The Balaban J connectivity index is 4.02. The van der Waals surface area contributed by atoms with Crippen LogP contribution in [0.4, 0.5) is 0 Å². The van der Waals surface area contributed by atoms with Crippen LogP contribution in [0.15, 0.2) is 0 Å². The molecule has 0 saturated heterocycles. The van der Waals surface area contributed by atoms with Crippen LogP contribution in [-0.4, -0.2) is 34.9 Å². The Morgan fingerprint density at radius 1 is 1.33 bits per heavy atom. The standard InChI is InChI=1S/C11H23NO3/c1-8(13)11(5,6)12-7-9(14)15-10(2,3)4/h8,12-13H,7H2,1-6H3. The molecule has 0 radical (unpaired) electrons. The first kappa shape index (κ1) is 14.4. The van der Waals surface area contributed by atoms with Gasteiger partial charge >= 0.3 is 5.97 Å². The first-order chi connectivity index (χ1) is 6.54. The molecule has 0 aliphatic heterocycles. The Bertz CT molecular complexity index is 216. The first-order valence-electron chi connectivity index (χ1n) is 5.19. The van der Waals surface area contributed by atoms with Gasteiger partial charge in [-0.3, -0.25) is 10.1 Å². The molecule has 0 aliphatic carbocycles. The predicted molar refractivity (Wildman–Crippen MR) is 59.6 cm³/mol. The van der Waals surface area contributed by atoms with E-state index in [2.05, 4.69) is 5.32 Å². The highest BCUT2D eigenvalue weighted by molar-refractivity contribution is 5.72. The van der Waals surface area contributed by atoms with Crippen LogP contribution in [0, 0.1) is 0 Å². The third-order valence-electron chi connectivity index (χ3n) is 2.15. The summed E-state index contributed by atoms with van der Waals surface area (Å²) in [5, 5.41) is 12.4. The van der Waals surface area contributed by atoms with Crippen LogP contribution in [0.3, 0.4) is 0 Å². The van der Waals surface area contributed by atoms with Gasteiger partial charge in [0.05, 0.1) is 12.6 Å². The van der Waals surface area contributed by atoms with Crippen LogP contribution in [0.2, 0.25) is 0 Å². The highest BCUT2D eigenvalue weighted by Crippen LogP contribution is 2.09. The summed E-state index contributed by atoms with van der Waals surface area (Å²) in [6.07, 6.45) is -0.528. The molecule has 4 heteroatoms. The van der Waals surface area contributed by atoms with Crippen LogP contribution in [0.25, 0.3) is 0 Å². The van der Waals surface area contributed by atoms with Crippen LogP contribution in [-0.2, 0) is 9.53 Å². The van der Waals surface area contributed by atoms with E-state index in [0.29, 0.717) is 0 Å². The monoisotopic (exact) mass is 217 g/mol. The van der Waals surface area contributed by atoms with Crippen molar-refractivity contribution >= 4 is 5.97 Å². The summed E-state index contributed by atoms with van der Waals surface area (Å²) in [5.41, 5.74) is -0.954. The zero-order valence-corrected chi connectivity index (χ0v) is 10.5. The molecule has 0 spiro atoms. The van der Waals surface area contributed by atoms with Gasteiger partial charge in [0.25, 0.3) is 0 Å². The number of nitrogens with one attached hydrogen (secondary N) is 1. The fraction of sp³-hybridized carbons (Fsp3) is 0.909. The Morgan fingerprint density at radius 3 is 2.13 bits per heavy atom. The molecule has 1 atom stereocenters. The zero-order valence-electron chi connectivity index (χ0n) is 10.5. The molecule has 0 saturated carbocycles. The van der Waals surface area contributed by atoms with Crippen LogP contribution >= 0.6 is 0 Å². The Morgan fingerprint density at radius 2 is 1.80 bits per heavy atom. The Hall–Kier alpha value is -0.610. The van der Waals surface area contributed by atoms with Crippen molar-refractivity contribution in [3.05, 3.63) is 0 Å². The second-order valence-corrected chi connectivity index (χ2v) is 5.34. The number of rotatable bonds is 4.